The van der Waals surface area contributed by atoms with Gasteiger partial charge >= 0.3 is 0 Å². The van der Waals surface area contributed by atoms with Crippen LogP contribution in [0.5, 0.6) is 0 Å². The zero-order chi connectivity index (χ0) is 13.0. The number of nitrogens with zero attached hydrogens (tertiary/aromatic N) is 1. The molecule has 1 aromatic heterocycles. The molecule has 2 rings (SSSR count). The number of aryl methyl sites for hydroxylation is 1. The second kappa shape index (κ2) is 6.19. The number of hydrogen-bond donors (Lipinski definition) is 1. The highest BCUT2D eigenvalue weighted by molar-refractivity contribution is 5.04. The second-order valence-corrected chi connectivity index (χ2v) is 5.30. The number of nitrogens with one attached hydrogen (secondary N) is 1. The standard InChI is InChI=1S/C15H24N2O/c1-3-16-14-8-5-7-13(14)10-11-17-12(2)6-4-9-15(17)18/h4,6,9,13-14,16H,3,5,7-8,10-11H2,1-2H3. The van der Waals surface area contributed by atoms with E-state index in [9.17, 15) is 4.79 Å². The van der Waals surface area contributed by atoms with Crippen molar-refractivity contribution in [2.24, 2.45) is 5.92 Å². The molecule has 1 fully saturated rings. The van der Waals surface area contributed by atoms with Crippen molar-refractivity contribution in [3.63, 3.8) is 0 Å². The van der Waals surface area contributed by atoms with Crippen LogP contribution < -0.4 is 10.9 Å². The minimum atomic E-state index is 0.132. The van der Waals surface area contributed by atoms with E-state index in [0.717, 1.165) is 31.1 Å². The van der Waals surface area contributed by atoms with Gasteiger partial charge in [0, 0.05) is 24.3 Å². The van der Waals surface area contributed by atoms with Crippen molar-refractivity contribution in [1.82, 2.24) is 9.88 Å². The van der Waals surface area contributed by atoms with Gasteiger partial charge in [0.2, 0.25) is 0 Å². The van der Waals surface area contributed by atoms with E-state index in [1.807, 2.05) is 23.6 Å². The van der Waals surface area contributed by atoms with Crippen molar-refractivity contribution < 1.29 is 0 Å². The third-order valence-corrected chi connectivity index (χ3v) is 4.12. The molecule has 2 unspecified atom stereocenters. The van der Waals surface area contributed by atoms with Crippen molar-refractivity contribution >= 4 is 0 Å². The van der Waals surface area contributed by atoms with Crippen LogP contribution in [0.15, 0.2) is 23.0 Å². The lowest BCUT2D eigenvalue weighted by molar-refractivity contribution is 0.363. The Morgan fingerprint density at radius 1 is 1.39 bits per heavy atom. The summed E-state index contributed by atoms with van der Waals surface area (Å²) in [6.07, 6.45) is 5.03. The predicted octanol–water partition coefficient (Wildman–Crippen LogP) is 2.33. The molecule has 2 atom stereocenters. The summed E-state index contributed by atoms with van der Waals surface area (Å²) in [5, 5.41) is 3.57. The molecule has 18 heavy (non-hydrogen) atoms. The lowest BCUT2D eigenvalue weighted by atomic mass is 9.99. The van der Waals surface area contributed by atoms with Crippen LogP contribution in [-0.2, 0) is 6.54 Å². The van der Waals surface area contributed by atoms with Gasteiger partial charge in [-0.15, -0.1) is 0 Å². The summed E-state index contributed by atoms with van der Waals surface area (Å²) < 4.78 is 1.90. The van der Waals surface area contributed by atoms with Crippen LogP contribution >= 0.6 is 0 Å². The minimum absolute atomic E-state index is 0.132. The number of pyridine rings is 1. The van der Waals surface area contributed by atoms with E-state index in [0.29, 0.717) is 6.04 Å². The molecule has 0 aromatic carbocycles. The van der Waals surface area contributed by atoms with E-state index in [1.54, 1.807) is 6.07 Å². The predicted molar refractivity (Wildman–Crippen MR) is 74.9 cm³/mol. The molecule has 1 aromatic rings. The second-order valence-electron chi connectivity index (χ2n) is 5.30. The van der Waals surface area contributed by atoms with Crippen molar-refractivity contribution in [2.45, 2.75) is 52.1 Å². The molecule has 0 saturated heterocycles. The molecule has 1 saturated carbocycles. The maximum Gasteiger partial charge on any atom is 0.250 e. The smallest absolute Gasteiger partial charge is 0.250 e. The van der Waals surface area contributed by atoms with Crippen molar-refractivity contribution in [3.8, 4) is 0 Å². The maximum absolute atomic E-state index is 11.8. The summed E-state index contributed by atoms with van der Waals surface area (Å²) in [6, 6.07) is 6.17. The fraction of sp³-hybridized carbons (Fsp3) is 0.667. The quantitative estimate of drug-likeness (QED) is 0.867. The summed E-state index contributed by atoms with van der Waals surface area (Å²) >= 11 is 0. The molecular formula is C15H24N2O. The summed E-state index contributed by atoms with van der Waals surface area (Å²) in [7, 11) is 0. The van der Waals surface area contributed by atoms with E-state index < -0.39 is 0 Å². The van der Waals surface area contributed by atoms with E-state index in [2.05, 4.69) is 12.2 Å². The Kier molecular flexibility index (Phi) is 4.59. The van der Waals surface area contributed by atoms with E-state index in [4.69, 9.17) is 0 Å². The number of aromatic nitrogens is 1. The van der Waals surface area contributed by atoms with Gasteiger partial charge in [-0.3, -0.25) is 4.79 Å². The first kappa shape index (κ1) is 13.3. The fourth-order valence-electron chi connectivity index (χ4n) is 3.12. The van der Waals surface area contributed by atoms with Gasteiger partial charge in [0.15, 0.2) is 0 Å². The average Bonchev–Trinajstić information content (AvgIpc) is 2.77. The highest BCUT2D eigenvalue weighted by atomic mass is 16.1. The van der Waals surface area contributed by atoms with Crippen LogP contribution in [0.1, 0.15) is 38.3 Å². The monoisotopic (exact) mass is 248 g/mol. The molecule has 3 heteroatoms. The van der Waals surface area contributed by atoms with Crippen LogP contribution in [0, 0.1) is 12.8 Å². The van der Waals surface area contributed by atoms with Crippen molar-refractivity contribution in [2.75, 3.05) is 6.54 Å². The molecular weight excluding hydrogens is 224 g/mol. The van der Waals surface area contributed by atoms with Crippen LogP contribution in [0.2, 0.25) is 0 Å². The van der Waals surface area contributed by atoms with Crippen molar-refractivity contribution in [3.05, 3.63) is 34.2 Å². The van der Waals surface area contributed by atoms with Gasteiger partial charge in [-0.1, -0.05) is 19.4 Å². The molecule has 3 nitrogen and oxygen atoms in total. The van der Waals surface area contributed by atoms with E-state index >= 15 is 0 Å². The van der Waals surface area contributed by atoms with Gasteiger partial charge in [-0.2, -0.15) is 0 Å². The first-order valence-corrected chi connectivity index (χ1v) is 7.12. The highest BCUT2D eigenvalue weighted by Crippen LogP contribution is 2.28. The normalized spacial score (nSPS) is 23.4. The fourth-order valence-corrected chi connectivity index (χ4v) is 3.12. The van der Waals surface area contributed by atoms with Crippen LogP contribution in [0.4, 0.5) is 0 Å². The lowest BCUT2D eigenvalue weighted by Crippen LogP contribution is -2.33. The Labute approximate surface area is 109 Å². The third kappa shape index (κ3) is 3.02. The first-order chi connectivity index (χ1) is 8.72. The molecule has 1 N–H and O–H groups in total. The molecule has 0 radical (unpaired) electrons. The van der Waals surface area contributed by atoms with E-state index in [1.165, 1.54) is 19.3 Å². The topological polar surface area (TPSA) is 34.0 Å². The van der Waals surface area contributed by atoms with Crippen LogP contribution in [0.25, 0.3) is 0 Å². The summed E-state index contributed by atoms with van der Waals surface area (Å²) in [6.45, 7) is 6.09. The van der Waals surface area contributed by atoms with Gasteiger partial charge in [0.1, 0.15) is 0 Å². The SMILES string of the molecule is CCNC1CCCC1CCn1c(C)cccc1=O. The third-order valence-electron chi connectivity index (χ3n) is 4.12. The van der Waals surface area contributed by atoms with Crippen LogP contribution in [0.3, 0.4) is 0 Å². The van der Waals surface area contributed by atoms with Crippen LogP contribution in [-0.4, -0.2) is 17.2 Å². The Balaban J connectivity index is 1.97. The molecule has 0 aliphatic heterocycles. The number of hydrogen-bond acceptors (Lipinski definition) is 2. The Bertz CT molecular complexity index is 438. The highest BCUT2D eigenvalue weighted by Gasteiger charge is 2.25. The summed E-state index contributed by atoms with van der Waals surface area (Å²) in [5.41, 5.74) is 1.20. The molecule has 0 amide bonds. The lowest BCUT2D eigenvalue weighted by Gasteiger charge is -2.21. The molecule has 0 bridgehead atoms. The molecule has 100 valence electrons. The maximum atomic E-state index is 11.8. The van der Waals surface area contributed by atoms with Crippen molar-refractivity contribution in [1.29, 1.82) is 0 Å². The average molecular weight is 248 g/mol. The van der Waals surface area contributed by atoms with Gasteiger partial charge in [-0.05, 0) is 44.7 Å². The Morgan fingerprint density at radius 3 is 2.94 bits per heavy atom. The first-order valence-electron chi connectivity index (χ1n) is 7.12. The molecule has 1 aliphatic rings. The van der Waals surface area contributed by atoms with Gasteiger partial charge in [0.05, 0.1) is 0 Å². The zero-order valence-electron chi connectivity index (χ0n) is 11.5. The molecule has 1 heterocycles. The van der Waals surface area contributed by atoms with Gasteiger partial charge < -0.3 is 9.88 Å². The molecule has 0 spiro atoms. The Hall–Kier alpha value is -1.09. The number of rotatable bonds is 5. The van der Waals surface area contributed by atoms with Gasteiger partial charge in [-0.25, -0.2) is 0 Å². The van der Waals surface area contributed by atoms with Gasteiger partial charge in [0.25, 0.3) is 5.56 Å². The zero-order valence-corrected chi connectivity index (χ0v) is 11.5. The molecule has 1 aliphatic carbocycles. The summed E-state index contributed by atoms with van der Waals surface area (Å²) in [5.74, 6) is 0.733. The van der Waals surface area contributed by atoms with E-state index in [-0.39, 0.29) is 5.56 Å². The largest absolute Gasteiger partial charge is 0.314 e. The Morgan fingerprint density at radius 2 is 2.22 bits per heavy atom. The minimum Gasteiger partial charge on any atom is -0.314 e. The summed E-state index contributed by atoms with van der Waals surface area (Å²) in [4.78, 5) is 11.8.